The number of nitrogens with zero attached hydrogens (tertiary/aromatic N) is 1. The summed E-state index contributed by atoms with van der Waals surface area (Å²) in [6.07, 6.45) is 3.11. The van der Waals surface area contributed by atoms with Crippen LogP contribution in [0.2, 0.25) is 0 Å². The number of furan rings is 1. The fraction of sp³-hybridized carbons (Fsp3) is 0.450. The van der Waals surface area contributed by atoms with Crippen molar-refractivity contribution in [2.24, 2.45) is 0 Å². The molecule has 3 rings (SSSR count). The van der Waals surface area contributed by atoms with Gasteiger partial charge in [0, 0.05) is 5.69 Å². The van der Waals surface area contributed by atoms with Crippen molar-refractivity contribution in [1.82, 2.24) is 15.2 Å². The Kier molecular flexibility index (Phi) is 5.99. The number of aryl methyl sites for hydroxylation is 1. The van der Waals surface area contributed by atoms with Crippen LogP contribution in [0.15, 0.2) is 22.8 Å². The number of ether oxygens (including phenoxy) is 1. The van der Waals surface area contributed by atoms with Gasteiger partial charge in [0.15, 0.2) is 5.78 Å². The maximum Gasteiger partial charge on any atom is 0.339 e. The number of amides is 1. The molecule has 3 heterocycles. The van der Waals surface area contributed by atoms with Crippen molar-refractivity contribution in [1.29, 1.82) is 0 Å². The van der Waals surface area contributed by atoms with Crippen LogP contribution in [0.4, 0.5) is 0 Å². The molecule has 8 nitrogen and oxygen atoms in total. The monoisotopic (exact) mass is 387 g/mol. The summed E-state index contributed by atoms with van der Waals surface area (Å²) in [7, 11) is 1.31. The summed E-state index contributed by atoms with van der Waals surface area (Å²) in [5.74, 6) is -0.0544. The third-order valence-corrected chi connectivity index (χ3v) is 5.14. The maximum atomic E-state index is 12.8. The van der Waals surface area contributed by atoms with E-state index in [0.717, 1.165) is 6.42 Å². The summed E-state index contributed by atoms with van der Waals surface area (Å²) in [4.78, 5) is 42.2. The van der Waals surface area contributed by atoms with Gasteiger partial charge in [-0.2, -0.15) is 0 Å². The summed E-state index contributed by atoms with van der Waals surface area (Å²) in [5, 5.41) is 2.86. The zero-order valence-electron chi connectivity index (χ0n) is 16.3. The Morgan fingerprint density at radius 1 is 1.36 bits per heavy atom. The smallest absolute Gasteiger partial charge is 0.339 e. The molecule has 0 aliphatic carbocycles. The van der Waals surface area contributed by atoms with Gasteiger partial charge in [-0.15, -0.1) is 0 Å². The molecule has 1 atom stereocenters. The normalized spacial score (nSPS) is 16.9. The Morgan fingerprint density at radius 3 is 2.82 bits per heavy atom. The molecule has 0 radical (unpaired) electrons. The van der Waals surface area contributed by atoms with Crippen molar-refractivity contribution in [2.75, 3.05) is 20.2 Å². The van der Waals surface area contributed by atoms with Crippen molar-refractivity contribution < 1.29 is 23.5 Å². The highest BCUT2D eigenvalue weighted by Crippen LogP contribution is 2.22. The SMILES string of the molecule is COC(=O)c1c(C)[nH]c(C(=O)CN2CCC[C@H]2C(=O)NCc2ccco2)c1C. The second-order valence-corrected chi connectivity index (χ2v) is 6.97. The van der Waals surface area contributed by atoms with E-state index in [0.29, 0.717) is 47.8 Å². The number of rotatable bonds is 7. The second kappa shape index (κ2) is 8.43. The van der Waals surface area contributed by atoms with Gasteiger partial charge >= 0.3 is 5.97 Å². The topological polar surface area (TPSA) is 105 Å². The Bertz CT molecular complexity index is 869. The summed E-state index contributed by atoms with van der Waals surface area (Å²) in [6, 6.07) is 3.21. The fourth-order valence-corrected chi connectivity index (χ4v) is 3.72. The van der Waals surface area contributed by atoms with E-state index in [-0.39, 0.29) is 24.3 Å². The molecule has 1 aliphatic rings. The number of methoxy groups -OCH3 is 1. The molecule has 0 unspecified atom stereocenters. The molecular weight excluding hydrogens is 362 g/mol. The average molecular weight is 387 g/mol. The number of aromatic amines is 1. The minimum Gasteiger partial charge on any atom is -0.467 e. The molecule has 1 amide bonds. The number of aromatic nitrogens is 1. The Hall–Kier alpha value is -2.87. The Morgan fingerprint density at radius 2 is 2.14 bits per heavy atom. The third-order valence-electron chi connectivity index (χ3n) is 5.14. The molecule has 1 fully saturated rings. The molecule has 2 N–H and O–H groups in total. The van der Waals surface area contributed by atoms with Crippen molar-refractivity contribution in [2.45, 2.75) is 39.3 Å². The number of carbonyl (C=O) groups excluding carboxylic acids is 3. The van der Waals surface area contributed by atoms with E-state index in [9.17, 15) is 14.4 Å². The lowest BCUT2D eigenvalue weighted by molar-refractivity contribution is -0.125. The second-order valence-electron chi connectivity index (χ2n) is 6.97. The molecule has 2 aromatic heterocycles. The number of hydrogen-bond acceptors (Lipinski definition) is 6. The number of likely N-dealkylation sites (tertiary alicyclic amines) is 1. The van der Waals surface area contributed by atoms with Gasteiger partial charge in [0.25, 0.3) is 0 Å². The van der Waals surface area contributed by atoms with Gasteiger partial charge in [-0.1, -0.05) is 0 Å². The van der Waals surface area contributed by atoms with Crippen LogP contribution in [0.1, 0.15) is 50.7 Å². The number of H-pyrrole nitrogens is 1. The van der Waals surface area contributed by atoms with Crippen LogP contribution in [0.5, 0.6) is 0 Å². The standard InChI is InChI=1S/C20H25N3O5/c1-12-17(20(26)27-3)13(2)22-18(12)16(24)11-23-8-4-7-15(23)19(25)21-10-14-6-5-9-28-14/h5-6,9,15,22H,4,7-8,10-11H2,1-3H3,(H,21,25)/t15-/m0/s1. The number of nitrogens with one attached hydrogen (secondary N) is 2. The van der Waals surface area contributed by atoms with E-state index >= 15 is 0 Å². The first-order valence-corrected chi connectivity index (χ1v) is 9.27. The lowest BCUT2D eigenvalue weighted by atomic mass is 10.1. The van der Waals surface area contributed by atoms with Crippen LogP contribution in [-0.4, -0.2) is 53.8 Å². The average Bonchev–Trinajstić information content (AvgIpc) is 3.40. The minimum absolute atomic E-state index is 0.111. The van der Waals surface area contributed by atoms with E-state index in [2.05, 4.69) is 10.3 Å². The Labute approximate surface area is 163 Å². The van der Waals surface area contributed by atoms with Crippen molar-refractivity contribution in [3.63, 3.8) is 0 Å². The van der Waals surface area contributed by atoms with Crippen LogP contribution in [0.25, 0.3) is 0 Å². The molecule has 1 saturated heterocycles. The molecule has 8 heteroatoms. The van der Waals surface area contributed by atoms with Crippen LogP contribution in [-0.2, 0) is 16.1 Å². The van der Waals surface area contributed by atoms with Gasteiger partial charge < -0.3 is 19.5 Å². The van der Waals surface area contributed by atoms with Gasteiger partial charge in [0.2, 0.25) is 5.91 Å². The molecular formula is C20H25N3O5. The predicted molar refractivity (Wildman–Crippen MR) is 101 cm³/mol. The largest absolute Gasteiger partial charge is 0.467 e. The van der Waals surface area contributed by atoms with E-state index in [1.807, 2.05) is 4.90 Å². The van der Waals surface area contributed by atoms with Crippen LogP contribution in [0.3, 0.4) is 0 Å². The molecule has 0 spiro atoms. The fourth-order valence-electron chi connectivity index (χ4n) is 3.72. The van der Waals surface area contributed by atoms with Crippen molar-refractivity contribution in [3.8, 4) is 0 Å². The van der Waals surface area contributed by atoms with Gasteiger partial charge in [0.05, 0.1) is 43.8 Å². The lowest BCUT2D eigenvalue weighted by Gasteiger charge is -2.22. The maximum absolute atomic E-state index is 12.8. The molecule has 0 saturated carbocycles. The molecule has 28 heavy (non-hydrogen) atoms. The highest BCUT2D eigenvalue weighted by atomic mass is 16.5. The molecule has 0 aromatic carbocycles. The lowest BCUT2D eigenvalue weighted by Crippen LogP contribution is -2.45. The summed E-state index contributed by atoms with van der Waals surface area (Å²) in [6.45, 7) is 4.56. The minimum atomic E-state index is -0.471. The highest BCUT2D eigenvalue weighted by molar-refractivity contribution is 6.02. The number of Topliss-reactive ketones (excluding diaryl/α,β-unsaturated/α-hetero) is 1. The quantitative estimate of drug-likeness (QED) is 0.556. The van der Waals surface area contributed by atoms with Crippen LogP contribution < -0.4 is 5.32 Å². The van der Waals surface area contributed by atoms with Gasteiger partial charge in [-0.05, 0) is 50.9 Å². The highest BCUT2D eigenvalue weighted by Gasteiger charge is 2.33. The molecule has 1 aliphatic heterocycles. The first-order valence-electron chi connectivity index (χ1n) is 9.27. The zero-order valence-corrected chi connectivity index (χ0v) is 16.3. The first-order chi connectivity index (χ1) is 13.4. The van der Waals surface area contributed by atoms with E-state index < -0.39 is 5.97 Å². The number of ketones is 1. The van der Waals surface area contributed by atoms with Gasteiger partial charge in [0.1, 0.15) is 5.76 Å². The first kappa shape index (κ1) is 19.9. The van der Waals surface area contributed by atoms with Crippen molar-refractivity contribution >= 4 is 17.7 Å². The van der Waals surface area contributed by atoms with Crippen LogP contribution >= 0.6 is 0 Å². The Balaban J connectivity index is 1.66. The zero-order chi connectivity index (χ0) is 20.3. The van der Waals surface area contributed by atoms with Crippen LogP contribution in [0, 0.1) is 13.8 Å². The number of hydrogen-bond donors (Lipinski definition) is 2. The van der Waals surface area contributed by atoms with E-state index in [1.54, 1.807) is 32.2 Å². The number of esters is 1. The molecule has 2 aromatic rings. The van der Waals surface area contributed by atoms with Crippen molar-refractivity contribution in [3.05, 3.63) is 46.7 Å². The summed E-state index contributed by atoms with van der Waals surface area (Å²) >= 11 is 0. The summed E-state index contributed by atoms with van der Waals surface area (Å²) in [5.41, 5.74) is 1.95. The molecule has 150 valence electrons. The number of carbonyl (C=O) groups is 3. The summed E-state index contributed by atoms with van der Waals surface area (Å²) < 4.78 is 10.0. The predicted octanol–water partition coefficient (Wildman–Crippen LogP) is 1.97. The third kappa shape index (κ3) is 4.01. The van der Waals surface area contributed by atoms with Gasteiger partial charge in [-0.3, -0.25) is 14.5 Å². The van der Waals surface area contributed by atoms with Gasteiger partial charge in [-0.25, -0.2) is 4.79 Å². The van der Waals surface area contributed by atoms with E-state index in [4.69, 9.17) is 9.15 Å². The van der Waals surface area contributed by atoms with E-state index in [1.165, 1.54) is 7.11 Å². The molecule has 0 bridgehead atoms.